The second-order valence-electron chi connectivity index (χ2n) is 13.0. The molecule has 1 aliphatic heterocycles. The number of carbonyl (C=O) groups is 2. The molecule has 0 spiro atoms. The van der Waals surface area contributed by atoms with E-state index in [-0.39, 0.29) is 25.0 Å². The molecule has 0 unspecified atom stereocenters. The number of benzene rings is 1. The molecule has 0 bridgehead atoms. The highest BCUT2D eigenvalue weighted by Gasteiger charge is 2.34. The molecule has 58 heavy (non-hydrogen) atoms. The van der Waals surface area contributed by atoms with Gasteiger partial charge in [0, 0.05) is 6.61 Å². The van der Waals surface area contributed by atoms with Gasteiger partial charge in [0.25, 0.3) is 11.8 Å². The van der Waals surface area contributed by atoms with Gasteiger partial charge in [0.1, 0.15) is 0 Å². The van der Waals surface area contributed by atoms with E-state index in [1.54, 1.807) is 24.3 Å². The Bertz CT molecular complexity index is 1050. The molecule has 0 aliphatic carbocycles. The Labute approximate surface area is 346 Å². The monoisotopic (exact) mass is 831 g/mol. The molecule has 16 nitrogen and oxygen atoms in total. The smallest absolute Gasteiger partial charge is 0.261 e. The maximum Gasteiger partial charge on any atom is 0.261 e. The molecule has 2 amide bonds. The topological polar surface area (TPSA) is 157 Å². The lowest BCUT2D eigenvalue weighted by Gasteiger charge is -2.13. The minimum Gasteiger partial charge on any atom is -0.379 e. The summed E-state index contributed by atoms with van der Waals surface area (Å²) < 4.78 is 71.6. The Balaban J connectivity index is 1.14. The van der Waals surface area contributed by atoms with Crippen LogP contribution in [0.3, 0.4) is 0 Å². The van der Waals surface area contributed by atoms with Gasteiger partial charge in [-0.2, -0.15) is 0 Å². The van der Waals surface area contributed by atoms with Crippen LogP contribution in [0.15, 0.2) is 24.3 Å². The summed E-state index contributed by atoms with van der Waals surface area (Å²) in [7, 11) is 0. The summed E-state index contributed by atoms with van der Waals surface area (Å²) in [6.45, 7) is 15.4. The van der Waals surface area contributed by atoms with Crippen LogP contribution in [0, 0.1) is 0 Å². The summed E-state index contributed by atoms with van der Waals surface area (Å²) in [6, 6.07) is 6.82. The Morgan fingerprint density at radius 1 is 0.328 bits per heavy atom. The van der Waals surface area contributed by atoms with Crippen LogP contribution in [0.2, 0.25) is 0 Å². The first-order valence-corrected chi connectivity index (χ1v) is 21.2. The second-order valence-corrected chi connectivity index (χ2v) is 13.0. The molecule has 0 fully saturated rings. The van der Waals surface area contributed by atoms with E-state index in [0.29, 0.717) is 170 Å². The lowest BCUT2D eigenvalue weighted by molar-refractivity contribution is -0.0291. The fraction of sp³-hybridized carbons (Fsp3) is 0.810. The number of imide groups is 1. The van der Waals surface area contributed by atoms with E-state index in [4.69, 9.17) is 61.6 Å². The molecule has 1 heterocycles. The molecule has 0 N–H and O–H groups in total. The van der Waals surface area contributed by atoms with Gasteiger partial charge in [0.15, 0.2) is 0 Å². The van der Waals surface area contributed by atoms with E-state index in [1.165, 1.54) is 37.0 Å². The molecule has 16 heteroatoms. The first kappa shape index (κ1) is 52.0. The maximum absolute atomic E-state index is 12.3. The van der Waals surface area contributed by atoms with Crippen molar-refractivity contribution in [3.8, 4) is 0 Å². The van der Waals surface area contributed by atoms with Crippen LogP contribution in [-0.2, 0) is 61.6 Å². The molecule has 336 valence electrons. The normalized spacial score (nSPS) is 12.7. The Morgan fingerprint density at radius 3 is 0.862 bits per heavy atom. The highest BCUT2D eigenvalue weighted by atomic mass is 16.6. The number of hydrogen-bond donors (Lipinski definition) is 0. The van der Waals surface area contributed by atoms with Crippen molar-refractivity contribution in [3.05, 3.63) is 35.4 Å². The summed E-state index contributed by atoms with van der Waals surface area (Å²) in [6.07, 6.45) is 7.65. The minimum absolute atomic E-state index is 0.213. The molecular weight excluding hydrogens is 758 g/mol. The third-order valence-electron chi connectivity index (χ3n) is 8.44. The molecule has 1 aromatic rings. The predicted octanol–water partition coefficient (Wildman–Crippen LogP) is 3.86. The van der Waals surface area contributed by atoms with Crippen molar-refractivity contribution in [1.82, 2.24) is 4.90 Å². The van der Waals surface area contributed by atoms with Gasteiger partial charge in [0.05, 0.1) is 183 Å². The molecule has 1 aromatic carbocycles. The van der Waals surface area contributed by atoms with E-state index in [2.05, 4.69) is 6.92 Å². The van der Waals surface area contributed by atoms with Gasteiger partial charge >= 0.3 is 0 Å². The van der Waals surface area contributed by atoms with E-state index < -0.39 is 0 Å². The van der Waals surface area contributed by atoms with E-state index >= 15 is 0 Å². The predicted molar refractivity (Wildman–Crippen MR) is 216 cm³/mol. The molecule has 0 saturated heterocycles. The van der Waals surface area contributed by atoms with Gasteiger partial charge in [-0.3, -0.25) is 14.5 Å². The number of hydrogen-bond acceptors (Lipinski definition) is 15. The van der Waals surface area contributed by atoms with Gasteiger partial charge in [-0.25, -0.2) is 0 Å². The van der Waals surface area contributed by atoms with E-state index in [9.17, 15) is 9.59 Å². The van der Waals surface area contributed by atoms with Gasteiger partial charge in [-0.1, -0.05) is 51.2 Å². The van der Waals surface area contributed by atoms with Crippen LogP contribution in [0.4, 0.5) is 0 Å². The SMILES string of the molecule is CCCCCCCCOCCOCCOCCOCCOCCOCCOCCOCCOCCOCCOCCOCCOCCN1C(=O)c2ccccc2C1=O. The zero-order valence-electron chi connectivity index (χ0n) is 35.2. The van der Waals surface area contributed by atoms with Crippen LogP contribution in [-0.4, -0.2) is 195 Å². The van der Waals surface area contributed by atoms with Gasteiger partial charge in [-0.05, 0) is 18.6 Å². The summed E-state index contributed by atoms with van der Waals surface area (Å²) in [5.41, 5.74) is 0.883. The Hall–Kier alpha value is -2.16. The van der Waals surface area contributed by atoms with Crippen LogP contribution in [0.1, 0.15) is 66.2 Å². The third kappa shape index (κ3) is 29.1. The number of carbonyl (C=O) groups excluding carboxylic acids is 2. The summed E-state index contributed by atoms with van der Waals surface area (Å²) >= 11 is 0. The molecule has 0 radical (unpaired) electrons. The number of fused-ring (bicyclic) bond motifs is 1. The quantitative estimate of drug-likeness (QED) is 0.0689. The highest BCUT2D eigenvalue weighted by molar-refractivity contribution is 6.21. The number of amides is 2. The average Bonchev–Trinajstić information content (AvgIpc) is 3.48. The van der Waals surface area contributed by atoms with Crippen molar-refractivity contribution in [2.75, 3.05) is 178 Å². The fourth-order valence-electron chi connectivity index (χ4n) is 5.32. The molecule has 0 saturated carbocycles. The molecule has 0 atom stereocenters. The number of unbranched alkanes of at least 4 members (excludes halogenated alkanes) is 5. The van der Waals surface area contributed by atoms with E-state index in [1.807, 2.05) is 0 Å². The minimum atomic E-state index is -0.278. The Kier molecular flexibility index (Phi) is 36.1. The fourth-order valence-corrected chi connectivity index (χ4v) is 5.32. The van der Waals surface area contributed by atoms with Crippen LogP contribution < -0.4 is 0 Å². The summed E-state index contributed by atoms with van der Waals surface area (Å²) in [4.78, 5) is 25.9. The van der Waals surface area contributed by atoms with Crippen LogP contribution in [0.25, 0.3) is 0 Å². The standard InChI is InChI=1S/C42H73NO15/c1-2-3-4-5-6-9-13-46-15-17-48-19-21-50-23-25-52-27-29-54-31-33-56-35-37-58-38-36-57-34-32-55-30-28-53-26-24-51-22-20-49-18-16-47-14-12-43-41(44)39-10-7-8-11-40(39)42(43)45/h7-8,10-11H,2-6,9,12-38H2,1H3. The van der Waals surface area contributed by atoms with Crippen LogP contribution >= 0.6 is 0 Å². The number of rotatable bonds is 46. The van der Waals surface area contributed by atoms with Crippen molar-refractivity contribution in [2.24, 2.45) is 0 Å². The van der Waals surface area contributed by atoms with Crippen molar-refractivity contribution in [3.63, 3.8) is 0 Å². The summed E-state index contributed by atoms with van der Waals surface area (Å²) in [5, 5.41) is 0. The van der Waals surface area contributed by atoms with Crippen molar-refractivity contribution >= 4 is 11.8 Å². The van der Waals surface area contributed by atoms with Gasteiger partial charge in [-0.15, -0.1) is 0 Å². The number of nitrogens with zero attached hydrogens (tertiary/aromatic N) is 1. The third-order valence-corrected chi connectivity index (χ3v) is 8.44. The Morgan fingerprint density at radius 2 is 0.569 bits per heavy atom. The molecule has 2 rings (SSSR count). The molecule has 0 aromatic heterocycles. The van der Waals surface area contributed by atoms with Crippen LogP contribution in [0.5, 0.6) is 0 Å². The lowest BCUT2D eigenvalue weighted by atomic mass is 10.1. The highest BCUT2D eigenvalue weighted by Crippen LogP contribution is 2.21. The van der Waals surface area contributed by atoms with Crippen molar-refractivity contribution < 1.29 is 71.2 Å². The first-order valence-electron chi connectivity index (χ1n) is 21.2. The van der Waals surface area contributed by atoms with Gasteiger partial charge in [0.2, 0.25) is 0 Å². The van der Waals surface area contributed by atoms with E-state index in [0.717, 1.165) is 13.0 Å². The van der Waals surface area contributed by atoms with Crippen molar-refractivity contribution in [2.45, 2.75) is 45.4 Å². The molecule has 1 aliphatic rings. The second kappa shape index (κ2) is 40.3. The van der Waals surface area contributed by atoms with Gasteiger partial charge < -0.3 is 61.6 Å². The average molecular weight is 832 g/mol. The zero-order valence-corrected chi connectivity index (χ0v) is 35.2. The molecular formula is C42H73NO15. The largest absolute Gasteiger partial charge is 0.379 e. The number of ether oxygens (including phenoxy) is 13. The zero-order chi connectivity index (χ0) is 41.2. The first-order chi connectivity index (χ1) is 28.8. The lowest BCUT2D eigenvalue weighted by Crippen LogP contribution is -2.33. The maximum atomic E-state index is 12.3. The summed E-state index contributed by atoms with van der Waals surface area (Å²) in [5.74, 6) is -0.557. The van der Waals surface area contributed by atoms with Crippen molar-refractivity contribution in [1.29, 1.82) is 0 Å².